The van der Waals surface area contributed by atoms with Gasteiger partial charge in [-0.1, -0.05) is 136 Å². The standard InChI is InChI=1S/C37H40O5Si/c1-37(2,3)43(31-17-10-6-11-18-31,32-19-12-7-13-20-32)42-33-21-14-22-34(38)41-36(33)35(29-15-8-5-9-16-29)40-27-28-23-25-30(39-4)26-24-28/h5-21,23-26,33,35-36H,22,27H2,1-4H3/t33-,35-,36+/m1/s1. The van der Waals surface area contributed by atoms with Gasteiger partial charge in [0.15, 0.2) is 6.10 Å². The predicted octanol–water partition coefficient (Wildman–Crippen LogP) is 6.77. The van der Waals surface area contributed by atoms with Crippen LogP contribution in [0.15, 0.2) is 127 Å². The lowest BCUT2D eigenvalue weighted by molar-refractivity contribution is -0.164. The smallest absolute Gasteiger partial charge is 0.310 e. The van der Waals surface area contributed by atoms with E-state index in [1.165, 1.54) is 0 Å². The molecule has 4 aromatic rings. The zero-order valence-corrected chi connectivity index (χ0v) is 26.3. The quantitative estimate of drug-likeness (QED) is 0.116. The van der Waals surface area contributed by atoms with Gasteiger partial charge in [0.05, 0.1) is 20.1 Å². The molecule has 222 valence electrons. The molecule has 0 fully saturated rings. The van der Waals surface area contributed by atoms with Gasteiger partial charge in [-0.25, -0.2) is 0 Å². The van der Waals surface area contributed by atoms with Gasteiger partial charge in [-0.15, -0.1) is 0 Å². The molecule has 1 aliphatic rings. The molecule has 0 aliphatic carbocycles. The Morgan fingerprint density at radius 2 is 1.37 bits per heavy atom. The Morgan fingerprint density at radius 3 is 1.91 bits per heavy atom. The van der Waals surface area contributed by atoms with Gasteiger partial charge in [0.1, 0.15) is 18.0 Å². The third-order valence-corrected chi connectivity index (χ3v) is 13.0. The van der Waals surface area contributed by atoms with Gasteiger partial charge in [-0.05, 0) is 38.7 Å². The Hall–Kier alpha value is -3.97. The van der Waals surface area contributed by atoms with Crippen molar-refractivity contribution in [3.63, 3.8) is 0 Å². The summed E-state index contributed by atoms with van der Waals surface area (Å²) in [7, 11) is -1.33. The van der Waals surface area contributed by atoms with Gasteiger partial charge < -0.3 is 18.6 Å². The highest BCUT2D eigenvalue weighted by Crippen LogP contribution is 2.40. The summed E-state index contributed by atoms with van der Waals surface area (Å²) in [5.74, 6) is 0.480. The van der Waals surface area contributed by atoms with Crippen LogP contribution in [-0.4, -0.2) is 33.6 Å². The Morgan fingerprint density at radius 1 is 0.814 bits per heavy atom. The molecule has 0 saturated carbocycles. The van der Waals surface area contributed by atoms with Crippen molar-refractivity contribution in [2.24, 2.45) is 0 Å². The van der Waals surface area contributed by atoms with Crippen LogP contribution in [0.3, 0.4) is 0 Å². The molecular formula is C37H40O5Si. The third kappa shape index (κ3) is 6.83. The maximum absolute atomic E-state index is 13.0. The fourth-order valence-electron chi connectivity index (χ4n) is 5.84. The number of carbonyl (C=O) groups excluding carboxylic acids is 1. The fourth-order valence-corrected chi connectivity index (χ4v) is 10.5. The van der Waals surface area contributed by atoms with Crippen molar-refractivity contribution in [3.8, 4) is 5.75 Å². The van der Waals surface area contributed by atoms with E-state index in [1.807, 2.05) is 78.9 Å². The van der Waals surface area contributed by atoms with Gasteiger partial charge >= 0.3 is 5.97 Å². The van der Waals surface area contributed by atoms with Crippen LogP contribution in [0, 0.1) is 0 Å². The summed E-state index contributed by atoms with van der Waals surface area (Å²) in [6.45, 7) is 7.06. The summed E-state index contributed by atoms with van der Waals surface area (Å²) in [6, 6.07) is 38.8. The molecular weight excluding hydrogens is 552 g/mol. The molecule has 4 aromatic carbocycles. The zero-order valence-electron chi connectivity index (χ0n) is 25.3. The molecule has 0 N–H and O–H groups in total. The number of methoxy groups -OCH3 is 1. The number of hydrogen-bond acceptors (Lipinski definition) is 5. The molecule has 1 aliphatic heterocycles. The normalized spacial score (nSPS) is 18.0. The Labute approximate surface area is 256 Å². The minimum absolute atomic E-state index is 0.178. The molecule has 0 unspecified atom stereocenters. The van der Waals surface area contributed by atoms with Crippen LogP contribution in [-0.2, 0) is 25.3 Å². The highest BCUT2D eigenvalue weighted by Gasteiger charge is 2.53. The van der Waals surface area contributed by atoms with Crippen LogP contribution in [0.2, 0.25) is 5.04 Å². The van der Waals surface area contributed by atoms with Gasteiger partial charge in [-0.3, -0.25) is 4.79 Å². The lowest BCUT2D eigenvalue weighted by Crippen LogP contribution is -2.68. The summed E-state index contributed by atoms with van der Waals surface area (Å²) in [5, 5.41) is 2.06. The number of rotatable bonds is 10. The first-order chi connectivity index (χ1) is 20.8. The van der Waals surface area contributed by atoms with Crippen LogP contribution in [0.4, 0.5) is 0 Å². The SMILES string of the molecule is COc1ccc(CO[C@H](c2ccccc2)[C@H]2OC(=O)CC=C[C@H]2O[Si](c2ccccc2)(c2ccccc2)C(C)(C)C)cc1. The van der Waals surface area contributed by atoms with Gasteiger partial charge in [0.2, 0.25) is 0 Å². The number of carbonyl (C=O) groups is 1. The van der Waals surface area contributed by atoms with Crippen LogP contribution >= 0.6 is 0 Å². The van der Waals surface area contributed by atoms with Crippen molar-refractivity contribution < 1.29 is 23.4 Å². The van der Waals surface area contributed by atoms with Gasteiger partial charge in [0, 0.05) is 0 Å². The second-order valence-corrected chi connectivity index (χ2v) is 16.1. The number of benzene rings is 4. The predicted molar refractivity (Wildman–Crippen MR) is 173 cm³/mol. The molecule has 0 saturated heterocycles. The first-order valence-electron chi connectivity index (χ1n) is 14.8. The second kappa shape index (κ2) is 13.6. The van der Waals surface area contributed by atoms with E-state index in [4.69, 9.17) is 18.6 Å². The first-order valence-corrected chi connectivity index (χ1v) is 16.7. The lowest BCUT2D eigenvalue weighted by Gasteiger charge is -2.46. The Balaban J connectivity index is 1.59. The monoisotopic (exact) mass is 592 g/mol. The molecule has 1 heterocycles. The molecule has 5 nitrogen and oxygen atoms in total. The lowest BCUT2D eigenvalue weighted by atomic mass is 9.99. The van der Waals surface area contributed by atoms with Crippen molar-refractivity contribution in [3.05, 3.63) is 139 Å². The number of esters is 1. The van der Waals surface area contributed by atoms with Crippen molar-refractivity contribution >= 4 is 24.7 Å². The van der Waals surface area contributed by atoms with E-state index in [0.717, 1.165) is 27.2 Å². The highest BCUT2D eigenvalue weighted by molar-refractivity contribution is 6.99. The molecule has 0 aromatic heterocycles. The summed E-state index contributed by atoms with van der Waals surface area (Å²) in [6.07, 6.45) is 2.21. The minimum atomic E-state index is -2.98. The maximum Gasteiger partial charge on any atom is 0.310 e. The van der Waals surface area contributed by atoms with Crippen molar-refractivity contribution in [2.45, 2.75) is 57.1 Å². The maximum atomic E-state index is 13.0. The minimum Gasteiger partial charge on any atom is -0.497 e. The van der Waals surface area contributed by atoms with E-state index in [2.05, 4.69) is 69.3 Å². The van der Waals surface area contributed by atoms with Crippen molar-refractivity contribution in [1.82, 2.24) is 0 Å². The molecule has 6 heteroatoms. The Kier molecular flexibility index (Phi) is 9.61. The van der Waals surface area contributed by atoms with E-state index in [0.29, 0.717) is 6.61 Å². The topological polar surface area (TPSA) is 54.0 Å². The van der Waals surface area contributed by atoms with Gasteiger partial charge in [-0.2, -0.15) is 0 Å². The number of hydrogen-bond donors (Lipinski definition) is 0. The molecule has 0 radical (unpaired) electrons. The van der Waals surface area contributed by atoms with E-state index in [1.54, 1.807) is 7.11 Å². The van der Waals surface area contributed by atoms with Gasteiger partial charge in [0.25, 0.3) is 8.32 Å². The largest absolute Gasteiger partial charge is 0.497 e. The Bertz CT molecular complexity index is 1440. The van der Waals surface area contributed by atoms with E-state index < -0.39 is 26.6 Å². The van der Waals surface area contributed by atoms with Crippen molar-refractivity contribution in [2.75, 3.05) is 7.11 Å². The fraction of sp³-hybridized carbons (Fsp3) is 0.270. The molecule has 5 rings (SSSR count). The molecule has 0 bridgehead atoms. The number of ether oxygens (including phenoxy) is 3. The van der Waals surface area contributed by atoms with Crippen LogP contribution in [0.25, 0.3) is 0 Å². The summed E-state index contributed by atoms with van der Waals surface area (Å²) in [5.41, 5.74) is 1.90. The van der Waals surface area contributed by atoms with Crippen molar-refractivity contribution in [1.29, 1.82) is 0 Å². The first kappa shape index (κ1) is 30.5. The third-order valence-electron chi connectivity index (χ3n) is 7.95. The summed E-state index contributed by atoms with van der Waals surface area (Å²) < 4.78 is 25.7. The molecule has 0 spiro atoms. The molecule has 0 amide bonds. The average Bonchev–Trinajstić information content (AvgIpc) is 3.21. The van der Waals surface area contributed by atoms with Crippen LogP contribution in [0.1, 0.15) is 44.4 Å². The zero-order chi connectivity index (χ0) is 30.3. The van der Waals surface area contributed by atoms with E-state index in [9.17, 15) is 4.79 Å². The highest BCUT2D eigenvalue weighted by atomic mass is 28.4. The summed E-state index contributed by atoms with van der Waals surface area (Å²) in [4.78, 5) is 13.0. The van der Waals surface area contributed by atoms with E-state index >= 15 is 0 Å². The van der Waals surface area contributed by atoms with E-state index in [-0.39, 0.29) is 17.4 Å². The van der Waals surface area contributed by atoms with Crippen LogP contribution < -0.4 is 15.1 Å². The molecule has 43 heavy (non-hydrogen) atoms. The number of cyclic esters (lactones) is 1. The molecule has 3 atom stereocenters. The van der Waals surface area contributed by atoms with Crippen LogP contribution in [0.5, 0.6) is 5.75 Å². The summed E-state index contributed by atoms with van der Waals surface area (Å²) >= 11 is 0. The average molecular weight is 593 g/mol. The second-order valence-electron chi connectivity index (χ2n) is 11.8.